The molecule has 0 spiro atoms. The van der Waals surface area contributed by atoms with E-state index in [4.69, 9.17) is 0 Å². The predicted octanol–water partition coefficient (Wildman–Crippen LogP) is 2.63. The molecule has 0 aliphatic carbocycles. The van der Waals surface area contributed by atoms with E-state index in [-0.39, 0.29) is 0 Å². The van der Waals surface area contributed by atoms with Crippen molar-refractivity contribution in [3.8, 4) is 5.69 Å². The van der Waals surface area contributed by atoms with Gasteiger partial charge in [0.15, 0.2) is 0 Å². The quantitative estimate of drug-likeness (QED) is 0.699. The van der Waals surface area contributed by atoms with Crippen molar-refractivity contribution in [1.29, 1.82) is 0 Å². The number of hydrogen-bond donors (Lipinski definition) is 0. The highest BCUT2D eigenvalue weighted by atomic mass is 32.2. The second-order valence-electron chi connectivity index (χ2n) is 5.56. The van der Waals surface area contributed by atoms with E-state index in [1.54, 1.807) is 6.20 Å². The lowest BCUT2D eigenvalue weighted by molar-refractivity contribution is 0.643. The van der Waals surface area contributed by atoms with E-state index >= 15 is 0 Å². The third-order valence-corrected chi connectivity index (χ3v) is 4.92. The lowest BCUT2D eigenvalue weighted by Gasteiger charge is -2.07. The van der Waals surface area contributed by atoms with Crippen molar-refractivity contribution in [2.24, 2.45) is 0 Å². The molecule has 2 aromatic heterocycles. The predicted molar refractivity (Wildman–Crippen MR) is 92.0 cm³/mol. The van der Waals surface area contributed by atoms with Gasteiger partial charge >= 0.3 is 0 Å². The summed E-state index contributed by atoms with van der Waals surface area (Å²) in [6.07, 6.45) is 3.63. The fraction of sp³-hybridized carbons (Fsp3) is 0.294. The molecule has 1 atom stereocenters. The standard InChI is InChI=1S/C17H20N4OS/c1-14-12-15(2)21(19-14)17-6-4-16(5-7-17)13-23(22)11-10-20-9-3-8-18-20/h3-9,12H,10-11,13H2,1-2H3. The summed E-state index contributed by atoms with van der Waals surface area (Å²) in [6, 6.07) is 12.0. The van der Waals surface area contributed by atoms with E-state index in [0.717, 1.165) is 22.6 Å². The first-order valence-corrected chi connectivity index (χ1v) is 9.05. The van der Waals surface area contributed by atoms with E-state index in [1.165, 1.54) is 0 Å². The molecule has 0 amide bonds. The molecular formula is C17H20N4OS. The number of aromatic nitrogens is 4. The zero-order chi connectivity index (χ0) is 16.2. The normalized spacial score (nSPS) is 12.4. The van der Waals surface area contributed by atoms with Crippen molar-refractivity contribution >= 4 is 10.8 Å². The summed E-state index contributed by atoms with van der Waals surface area (Å²) in [6.45, 7) is 4.71. The highest BCUT2D eigenvalue weighted by Gasteiger charge is 2.06. The monoisotopic (exact) mass is 328 g/mol. The Labute approximate surface area is 138 Å². The Bertz CT molecular complexity index is 791. The highest BCUT2D eigenvalue weighted by Crippen LogP contribution is 2.14. The number of nitrogens with zero attached hydrogens (tertiary/aromatic N) is 4. The number of aryl methyl sites for hydroxylation is 3. The van der Waals surface area contributed by atoms with Gasteiger partial charge in [0.1, 0.15) is 0 Å². The summed E-state index contributed by atoms with van der Waals surface area (Å²) >= 11 is 0. The van der Waals surface area contributed by atoms with E-state index in [0.29, 0.717) is 18.1 Å². The fourth-order valence-electron chi connectivity index (χ4n) is 2.51. The number of benzene rings is 1. The van der Waals surface area contributed by atoms with Crippen molar-refractivity contribution in [2.75, 3.05) is 5.75 Å². The molecule has 3 rings (SSSR count). The molecule has 0 radical (unpaired) electrons. The average molecular weight is 328 g/mol. The minimum absolute atomic E-state index is 0.568. The minimum Gasteiger partial charge on any atom is -0.272 e. The fourth-order valence-corrected chi connectivity index (χ4v) is 3.61. The van der Waals surface area contributed by atoms with Gasteiger partial charge in [0, 0.05) is 40.4 Å². The summed E-state index contributed by atoms with van der Waals surface area (Å²) in [4.78, 5) is 0. The summed E-state index contributed by atoms with van der Waals surface area (Å²) in [7, 11) is -0.890. The molecule has 1 unspecified atom stereocenters. The Morgan fingerprint density at radius 1 is 1.17 bits per heavy atom. The second kappa shape index (κ2) is 6.91. The Morgan fingerprint density at radius 3 is 2.57 bits per heavy atom. The molecule has 0 aliphatic heterocycles. The van der Waals surface area contributed by atoms with Gasteiger partial charge in [-0.05, 0) is 43.7 Å². The van der Waals surface area contributed by atoms with Crippen LogP contribution < -0.4 is 0 Å². The van der Waals surface area contributed by atoms with Crippen molar-refractivity contribution in [1.82, 2.24) is 19.6 Å². The van der Waals surface area contributed by atoms with E-state index in [9.17, 15) is 4.21 Å². The van der Waals surface area contributed by atoms with Gasteiger partial charge in [0.25, 0.3) is 0 Å². The summed E-state index contributed by atoms with van der Waals surface area (Å²) < 4.78 is 15.9. The van der Waals surface area contributed by atoms with Crippen LogP contribution in [0, 0.1) is 13.8 Å². The zero-order valence-corrected chi connectivity index (χ0v) is 14.2. The molecule has 0 saturated heterocycles. The Morgan fingerprint density at radius 2 is 1.96 bits per heavy atom. The van der Waals surface area contributed by atoms with Gasteiger partial charge in [-0.15, -0.1) is 0 Å². The maximum absolute atomic E-state index is 12.2. The summed E-state index contributed by atoms with van der Waals surface area (Å²) in [5.41, 5.74) is 4.22. The molecule has 1 aromatic carbocycles. The molecule has 0 saturated carbocycles. The molecular weight excluding hydrogens is 308 g/mol. The largest absolute Gasteiger partial charge is 0.272 e. The SMILES string of the molecule is Cc1cc(C)n(-c2ccc(CS(=O)CCn3cccn3)cc2)n1. The molecule has 3 aromatic rings. The third kappa shape index (κ3) is 3.96. The summed E-state index contributed by atoms with van der Waals surface area (Å²) in [5, 5.41) is 8.60. The van der Waals surface area contributed by atoms with Crippen molar-refractivity contribution in [3.05, 3.63) is 65.7 Å². The van der Waals surface area contributed by atoms with Crippen LogP contribution in [0.2, 0.25) is 0 Å². The molecule has 5 nitrogen and oxygen atoms in total. The van der Waals surface area contributed by atoms with E-state index in [2.05, 4.69) is 16.3 Å². The topological polar surface area (TPSA) is 52.7 Å². The van der Waals surface area contributed by atoms with Gasteiger partial charge in [-0.3, -0.25) is 8.89 Å². The van der Waals surface area contributed by atoms with Crippen molar-refractivity contribution in [2.45, 2.75) is 26.1 Å². The Kier molecular flexibility index (Phi) is 4.71. The first-order valence-electron chi connectivity index (χ1n) is 7.57. The Hall–Kier alpha value is -2.21. The molecule has 23 heavy (non-hydrogen) atoms. The van der Waals surface area contributed by atoms with Crippen LogP contribution in [0.15, 0.2) is 48.8 Å². The van der Waals surface area contributed by atoms with E-state index in [1.807, 2.05) is 59.7 Å². The average Bonchev–Trinajstić information content (AvgIpc) is 3.15. The molecule has 6 heteroatoms. The molecule has 0 bridgehead atoms. The van der Waals surface area contributed by atoms with Crippen LogP contribution in [0.5, 0.6) is 0 Å². The molecule has 120 valence electrons. The van der Waals surface area contributed by atoms with Gasteiger partial charge < -0.3 is 0 Å². The number of rotatable bonds is 6. The van der Waals surface area contributed by atoms with E-state index < -0.39 is 10.8 Å². The van der Waals surface area contributed by atoms with Crippen LogP contribution in [0.1, 0.15) is 17.0 Å². The first-order chi connectivity index (χ1) is 11.1. The molecule has 0 N–H and O–H groups in total. The van der Waals surface area contributed by atoms with Crippen molar-refractivity contribution in [3.63, 3.8) is 0 Å². The smallest absolute Gasteiger partial charge is 0.0648 e. The molecule has 0 fully saturated rings. The van der Waals surface area contributed by atoms with Gasteiger partial charge in [-0.25, -0.2) is 4.68 Å². The van der Waals surface area contributed by atoms with Crippen LogP contribution in [-0.4, -0.2) is 29.5 Å². The second-order valence-corrected chi connectivity index (χ2v) is 7.14. The van der Waals surface area contributed by atoms with Gasteiger partial charge in [0.05, 0.1) is 17.9 Å². The van der Waals surface area contributed by atoms with Crippen LogP contribution in [0.4, 0.5) is 0 Å². The number of hydrogen-bond acceptors (Lipinski definition) is 3. The maximum Gasteiger partial charge on any atom is 0.0648 e. The lowest BCUT2D eigenvalue weighted by atomic mass is 10.2. The molecule has 0 aliphatic rings. The maximum atomic E-state index is 12.2. The van der Waals surface area contributed by atoms with Crippen LogP contribution >= 0.6 is 0 Å². The highest BCUT2D eigenvalue weighted by molar-refractivity contribution is 7.84. The van der Waals surface area contributed by atoms with Gasteiger partial charge in [-0.1, -0.05) is 12.1 Å². The van der Waals surface area contributed by atoms with Crippen LogP contribution in [-0.2, 0) is 23.1 Å². The molecule has 2 heterocycles. The van der Waals surface area contributed by atoms with Crippen molar-refractivity contribution < 1.29 is 4.21 Å². The summed E-state index contributed by atoms with van der Waals surface area (Å²) in [5.74, 6) is 1.18. The van der Waals surface area contributed by atoms with Gasteiger partial charge in [-0.2, -0.15) is 10.2 Å². The van der Waals surface area contributed by atoms with Gasteiger partial charge in [0.2, 0.25) is 0 Å². The third-order valence-electron chi connectivity index (χ3n) is 3.63. The minimum atomic E-state index is -0.890. The zero-order valence-electron chi connectivity index (χ0n) is 13.3. The Balaban J connectivity index is 1.61. The lowest BCUT2D eigenvalue weighted by Crippen LogP contribution is -2.09. The van der Waals surface area contributed by atoms with Crippen LogP contribution in [0.3, 0.4) is 0 Å². The first kappa shape index (κ1) is 15.7. The van der Waals surface area contributed by atoms with Crippen LogP contribution in [0.25, 0.3) is 5.69 Å².